The second-order valence-electron chi connectivity index (χ2n) is 4.77. The fourth-order valence-electron chi connectivity index (χ4n) is 1.77. The number of carbonyl (C=O) groups is 1. The molecule has 1 saturated heterocycles. The molecule has 19 heavy (non-hydrogen) atoms. The largest absolute Gasteiger partial charge is 0.497 e. The lowest BCUT2D eigenvalue weighted by Gasteiger charge is -2.38. The van der Waals surface area contributed by atoms with Crippen LogP contribution in [0, 0.1) is 0 Å². The number of hydrogen-bond donors (Lipinski definition) is 2. The summed E-state index contributed by atoms with van der Waals surface area (Å²) in [5.41, 5.74) is 0.462. The van der Waals surface area contributed by atoms with Crippen molar-refractivity contribution in [3.8, 4) is 5.75 Å². The highest BCUT2D eigenvalue weighted by Crippen LogP contribution is 2.24. The van der Waals surface area contributed by atoms with Crippen molar-refractivity contribution in [1.82, 2.24) is 5.32 Å². The van der Waals surface area contributed by atoms with Gasteiger partial charge in [-0.15, -0.1) is 0 Å². The first-order chi connectivity index (χ1) is 9.00. The topological polar surface area (TPSA) is 59.6 Å². The van der Waals surface area contributed by atoms with Crippen molar-refractivity contribution < 1.29 is 14.3 Å². The van der Waals surface area contributed by atoms with Crippen molar-refractivity contribution in [2.45, 2.75) is 12.5 Å². The maximum atomic E-state index is 11.8. The number of halogens is 1. The van der Waals surface area contributed by atoms with E-state index in [-0.39, 0.29) is 18.1 Å². The van der Waals surface area contributed by atoms with Crippen LogP contribution in [-0.2, 0) is 9.53 Å². The molecule has 0 unspecified atom stereocenters. The minimum absolute atomic E-state index is 0.0486. The number of anilines is 1. The molecule has 1 aromatic rings. The Labute approximate surface area is 120 Å². The minimum atomic E-state index is -0.216. The monoisotopic (exact) mass is 328 g/mol. The van der Waals surface area contributed by atoms with Gasteiger partial charge in [-0.2, -0.15) is 0 Å². The Morgan fingerprint density at radius 1 is 1.47 bits per heavy atom. The summed E-state index contributed by atoms with van der Waals surface area (Å²) >= 11 is 3.36. The Morgan fingerprint density at radius 3 is 2.79 bits per heavy atom. The number of carbonyl (C=O) groups excluding carboxylic acids is 1. The van der Waals surface area contributed by atoms with Crippen molar-refractivity contribution in [1.29, 1.82) is 0 Å². The van der Waals surface area contributed by atoms with E-state index in [1.54, 1.807) is 13.2 Å². The van der Waals surface area contributed by atoms with Gasteiger partial charge in [-0.25, -0.2) is 0 Å². The smallest absolute Gasteiger partial charge is 0.250 e. The average Bonchev–Trinajstić information content (AvgIpc) is 2.33. The van der Waals surface area contributed by atoms with Crippen LogP contribution in [0.5, 0.6) is 5.75 Å². The highest BCUT2D eigenvalue weighted by molar-refractivity contribution is 9.10. The van der Waals surface area contributed by atoms with Gasteiger partial charge in [0.2, 0.25) is 5.91 Å². The summed E-state index contributed by atoms with van der Waals surface area (Å²) in [6.45, 7) is 3.60. The first-order valence-electron chi connectivity index (χ1n) is 6.00. The molecule has 0 atom stereocenters. The number of hydrogen-bond acceptors (Lipinski definition) is 4. The summed E-state index contributed by atoms with van der Waals surface area (Å²) in [7, 11) is 1.58. The number of ether oxygens (including phenoxy) is 2. The van der Waals surface area contributed by atoms with Crippen molar-refractivity contribution in [3.63, 3.8) is 0 Å². The van der Waals surface area contributed by atoms with Gasteiger partial charge in [0.05, 0.1) is 12.7 Å². The maximum Gasteiger partial charge on any atom is 0.250 e. The molecule has 0 bridgehead atoms. The van der Waals surface area contributed by atoms with Crippen molar-refractivity contribution >= 4 is 27.5 Å². The lowest BCUT2D eigenvalue weighted by Crippen LogP contribution is -2.59. The molecule has 2 N–H and O–H groups in total. The van der Waals surface area contributed by atoms with Gasteiger partial charge in [-0.3, -0.25) is 4.79 Å². The number of methoxy groups -OCH3 is 1. The lowest BCUT2D eigenvalue weighted by atomic mass is 10.0. The fourth-order valence-corrected chi connectivity index (χ4v) is 2.24. The van der Waals surface area contributed by atoms with Gasteiger partial charge in [-0.1, -0.05) is 15.9 Å². The molecule has 1 aromatic carbocycles. The second kappa shape index (κ2) is 5.90. The van der Waals surface area contributed by atoms with Crippen LogP contribution >= 0.6 is 15.9 Å². The van der Waals surface area contributed by atoms with Gasteiger partial charge in [0, 0.05) is 29.3 Å². The molecular weight excluding hydrogens is 312 g/mol. The SMILES string of the molecule is COc1cc(Br)cc(NC(=O)COC2(C)CNC2)c1. The van der Waals surface area contributed by atoms with Crippen LogP contribution in [0.4, 0.5) is 5.69 Å². The van der Waals surface area contributed by atoms with Crippen molar-refractivity contribution in [2.75, 3.05) is 32.1 Å². The molecular formula is C13H17BrN2O3. The number of amides is 1. The first-order valence-corrected chi connectivity index (χ1v) is 6.79. The summed E-state index contributed by atoms with van der Waals surface area (Å²) in [4.78, 5) is 11.8. The summed E-state index contributed by atoms with van der Waals surface area (Å²) in [5, 5.41) is 5.90. The van der Waals surface area contributed by atoms with Crippen LogP contribution in [0.15, 0.2) is 22.7 Å². The van der Waals surface area contributed by atoms with E-state index < -0.39 is 0 Å². The number of rotatable bonds is 5. The van der Waals surface area contributed by atoms with Gasteiger partial charge >= 0.3 is 0 Å². The molecule has 2 rings (SSSR count). The zero-order valence-corrected chi connectivity index (χ0v) is 12.5. The van der Waals surface area contributed by atoms with Crippen LogP contribution in [0.3, 0.4) is 0 Å². The second-order valence-corrected chi connectivity index (χ2v) is 5.69. The van der Waals surface area contributed by atoms with E-state index in [0.29, 0.717) is 11.4 Å². The fraction of sp³-hybridized carbons (Fsp3) is 0.462. The Hall–Kier alpha value is -1.11. The van der Waals surface area contributed by atoms with Crippen LogP contribution in [0.1, 0.15) is 6.92 Å². The van der Waals surface area contributed by atoms with Gasteiger partial charge in [0.1, 0.15) is 12.4 Å². The predicted octanol–water partition coefficient (Wildman–Crippen LogP) is 1.77. The maximum absolute atomic E-state index is 11.8. The van der Waals surface area contributed by atoms with Crippen molar-refractivity contribution in [3.05, 3.63) is 22.7 Å². The highest BCUT2D eigenvalue weighted by atomic mass is 79.9. The molecule has 0 radical (unpaired) electrons. The molecule has 1 fully saturated rings. The molecule has 1 heterocycles. The molecule has 1 aliphatic rings. The van der Waals surface area contributed by atoms with E-state index in [4.69, 9.17) is 9.47 Å². The third-order valence-electron chi connectivity index (χ3n) is 2.94. The van der Waals surface area contributed by atoms with Gasteiger partial charge in [-0.05, 0) is 19.1 Å². The number of benzene rings is 1. The van der Waals surface area contributed by atoms with E-state index in [9.17, 15) is 4.79 Å². The molecule has 0 saturated carbocycles. The Bertz CT molecular complexity index is 475. The van der Waals surface area contributed by atoms with E-state index in [0.717, 1.165) is 17.6 Å². The predicted molar refractivity (Wildman–Crippen MR) is 76.6 cm³/mol. The summed E-state index contributed by atoms with van der Waals surface area (Å²) < 4.78 is 11.6. The molecule has 1 amide bonds. The minimum Gasteiger partial charge on any atom is -0.497 e. The summed E-state index contributed by atoms with van der Waals surface area (Å²) in [5.74, 6) is 0.508. The molecule has 5 nitrogen and oxygen atoms in total. The van der Waals surface area contributed by atoms with Gasteiger partial charge in [0.15, 0.2) is 0 Å². The highest BCUT2D eigenvalue weighted by Gasteiger charge is 2.32. The van der Waals surface area contributed by atoms with Crippen LogP contribution < -0.4 is 15.4 Å². The van der Waals surface area contributed by atoms with Crippen LogP contribution in [0.2, 0.25) is 0 Å². The van der Waals surface area contributed by atoms with Crippen LogP contribution in [-0.4, -0.2) is 38.3 Å². The quantitative estimate of drug-likeness (QED) is 0.864. The third-order valence-corrected chi connectivity index (χ3v) is 3.40. The lowest BCUT2D eigenvalue weighted by molar-refractivity contribution is -0.130. The van der Waals surface area contributed by atoms with E-state index in [1.165, 1.54) is 0 Å². The Morgan fingerprint density at radius 2 is 2.21 bits per heavy atom. The molecule has 0 spiro atoms. The Balaban J connectivity index is 1.89. The summed E-state index contributed by atoms with van der Waals surface area (Å²) in [6.07, 6.45) is 0. The zero-order chi connectivity index (χ0) is 13.9. The normalized spacial score (nSPS) is 16.6. The standard InChI is InChI=1S/C13H17BrN2O3/c1-13(7-15-8-13)19-6-12(17)16-10-3-9(14)4-11(5-10)18-2/h3-5,15H,6-8H2,1-2H3,(H,16,17). The van der Waals surface area contributed by atoms with E-state index >= 15 is 0 Å². The Kier molecular flexibility index (Phi) is 4.44. The van der Waals surface area contributed by atoms with Crippen molar-refractivity contribution in [2.24, 2.45) is 0 Å². The van der Waals surface area contributed by atoms with Gasteiger partial charge < -0.3 is 20.1 Å². The number of nitrogens with one attached hydrogen (secondary N) is 2. The first kappa shape index (κ1) is 14.3. The van der Waals surface area contributed by atoms with E-state index in [1.807, 2.05) is 19.1 Å². The zero-order valence-electron chi connectivity index (χ0n) is 11.0. The molecule has 104 valence electrons. The van der Waals surface area contributed by atoms with Gasteiger partial charge in [0.25, 0.3) is 0 Å². The third kappa shape index (κ3) is 3.92. The average molecular weight is 329 g/mol. The molecule has 6 heteroatoms. The summed E-state index contributed by atoms with van der Waals surface area (Å²) in [6, 6.07) is 5.40. The van der Waals surface area contributed by atoms with E-state index in [2.05, 4.69) is 26.6 Å². The molecule has 0 aromatic heterocycles. The van der Waals surface area contributed by atoms with Crippen LogP contribution in [0.25, 0.3) is 0 Å². The molecule has 0 aliphatic carbocycles. The molecule has 1 aliphatic heterocycles.